The van der Waals surface area contributed by atoms with Crippen LogP contribution in [0.5, 0.6) is 0 Å². The molecule has 1 N–H and O–H groups in total. The quantitative estimate of drug-likeness (QED) is 0.698. The second kappa shape index (κ2) is 8.51. The predicted octanol–water partition coefficient (Wildman–Crippen LogP) is 2.93. The van der Waals surface area contributed by atoms with Crippen LogP contribution in [0.1, 0.15) is 61.0 Å². The first kappa shape index (κ1) is 22.5. The van der Waals surface area contributed by atoms with Gasteiger partial charge in [0.2, 0.25) is 5.43 Å². The number of benzene rings is 1. The van der Waals surface area contributed by atoms with Gasteiger partial charge in [0.05, 0.1) is 16.6 Å². The van der Waals surface area contributed by atoms with Crippen LogP contribution in [0.4, 0.5) is 10.1 Å². The maximum Gasteiger partial charge on any atom is 0.341 e. The fourth-order valence-corrected chi connectivity index (χ4v) is 5.72. The van der Waals surface area contributed by atoms with Crippen molar-refractivity contribution in [1.82, 2.24) is 9.47 Å². The van der Waals surface area contributed by atoms with Crippen LogP contribution in [-0.2, 0) is 4.79 Å². The largest absolute Gasteiger partial charge is 0.477 e. The Morgan fingerprint density at radius 2 is 2.03 bits per heavy atom. The number of fused-ring (bicyclic) bond motifs is 2. The number of carboxylic acid groups (broad SMARTS) is 1. The van der Waals surface area contributed by atoms with Gasteiger partial charge in [-0.3, -0.25) is 14.5 Å². The normalized spacial score (nSPS) is 22.6. The number of carbonyl (C=O) groups excluding carboxylic acids is 1. The Hall–Kier alpha value is -3.25. The van der Waals surface area contributed by atoms with Gasteiger partial charge in [-0.2, -0.15) is 5.26 Å². The van der Waals surface area contributed by atoms with Gasteiger partial charge >= 0.3 is 5.97 Å². The monoisotopic (exact) mass is 466 g/mol. The lowest BCUT2D eigenvalue weighted by Gasteiger charge is -2.36. The Labute approximate surface area is 196 Å². The molecule has 3 aliphatic rings. The zero-order valence-corrected chi connectivity index (χ0v) is 19.1. The summed E-state index contributed by atoms with van der Waals surface area (Å²) < 4.78 is 17.2. The van der Waals surface area contributed by atoms with Gasteiger partial charge in [0.1, 0.15) is 28.8 Å². The zero-order chi connectivity index (χ0) is 24.1. The lowest BCUT2D eigenvalue weighted by atomic mass is 9.92. The average Bonchev–Trinajstić information content (AvgIpc) is 3.55. The van der Waals surface area contributed by atoms with E-state index in [1.165, 1.54) is 6.20 Å². The number of aromatic nitrogens is 1. The van der Waals surface area contributed by atoms with Crippen molar-refractivity contribution in [3.8, 4) is 6.07 Å². The van der Waals surface area contributed by atoms with E-state index < -0.39 is 22.8 Å². The molecule has 9 heteroatoms. The van der Waals surface area contributed by atoms with E-state index in [0.717, 1.165) is 38.3 Å². The van der Waals surface area contributed by atoms with Crippen molar-refractivity contribution >= 4 is 28.3 Å². The van der Waals surface area contributed by atoms with Crippen molar-refractivity contribution in [2.75, 3.05) is 31.1 Å². The third-order valence-corrected chi connectivity index (χ3v) is 7.49. The highest BCUT2D eigenvalue weighted by atomic mass is 19.1. The van der Waals surface area contributed by atoms with E-state index in [4.69, 9.17) is 0 Å². The van der Waals surface area contributed by atoms with Crippen LogP contribution < -0.4 is 10.3 Å². The molecule has 0 bridgehead atoms. The van der Waals surface area contributed by atoms with Crippen LogP contribution in [0, 0.1) is 23.1 Å². The molecule has 0 radical (unpaired) electrons. The summed E-state index contributed by atoms with van der Waals surface area (Å²) in [5.74, 6) is -1.59. The second-order valence-corrected chi connectivity index (χ2v) is 9.77. The number of carbonyl (C=O) groups is 2. The lowest BCUT2D eigenvalue weighted by molar-refractivity contribution is -0.117. The lowest BCUT2D eigenvalue weighted by Crippen LogP contribution is -2.45. The Bertz CT molecular complexity index is 1290. The highest BCUT2D eigenvalue weighted by molar-refractivity contribution is 5.96. The van der Waals surface area contributed by atoms with Gasteiger partial charge in [-0.25, -0.2) is 9.18 Å². The number of likely N-dealkylation sites (tertiary alicyclic amines) is 1. The highest BCUT2D eigenvalue weighted by Crippen LogP contribution is 2.42. The van der Waals surface area contributed by atoms with Crippen molar-refractivity contribution in [1.29, 1.82) is 5.26 Å². The first-order chi connectivity index (χ1) is 16.3. The molecule has 2 aliphatic heterocycles. The van der Waals surface area contributed by atoms with Crippen LogP contribution in [-0.4, -0.2) is 58.5 Å². The van der Waals surface area contributed by atoms with Crippen molar-refractivity contribution in [3.05, 3.63) is 39.4 Å². The first-order valence-corrected chi connectivity index (χ1v) is 11.8. The number of hydrogen-bond donors (Lipinski definition) is 1. The average molecular weight is 467 g/mol. The van der Waals surface area contributed by atoms with E-state index in [2.05, 4.69) is 11.0 Å². The summed E-state index contributed by atoms with van der Waals surface area (Å²) in [7, 11) is 0. The van der Waals surface area contributed by atoms with E-state index in [9.17, 15) is 24.8 Å². The molecule has 178 valence electrons. The molecule has 8 nitrogen and oxygen atoms in total. The molecule has 0 spiro atoms. The number of hydrogen-bond acceptors (Lipinski definition) is 6. The zero-order valence-electron chi connectivity index (χ0n) is 19.1. The summed E-state index contributed by atoms with van der Waals surface area (Å²) >= 11 is 0. The number of rotatable bonds is 6. The molecule has 2 atom stereocenters. The summed E-state index contributed by atoms with van der Waals surface area (Å²) in [6.07, 6.45) is 5.43. The van der Waals surface area contributed by atoms with Crippen LogP contribution in [0.3, 0.4) is 0 Å². The molecule has 5 rings (SSSR count). The summed E-state index contributed by atoms with van der Waals surface area (Å²) in [5.41, 5.74) is -0.590. The number of piperidine rings is 1. The minimum Gasteiger partial charge on any atom is -0.477 e. The topological polar surface area (TPSA) is 107 Å². The molecule has 0 amide bonds. The minimum absolute atomic E-state index is 0.00478. The number of nitrogens with zero attached hydrogens (tertiary/aromatic N) is 4. The van der Waals surface area contributed by atoms with Gasteiger partial charge in [0, 0.05) is 44.3 Å². The summed E-state index contributed by atoms with van der Waals surface area (Å²) in [6, 6.07) is 3.42. The third kappa shape index (κ3) is 3.76. The molecule has 1 aliphatic carbocycles. The molecule has 2 aromatic rings. The SMILES string of the molecule is CC(=O)CCN1CCC[C@H]2CN(c3c(F)cc4c(=O)c(C(=O)O)cn(C5CC5)c4c3C#N)C[C@H]21. The molecule has 1 saturated carbocycles. The van der Waals surface area contributed by atoms with Crippen molar-refractivity contribution in [2.45, 2.75) is 51.1 Å². The van der Waals surface area contributed by atoms with Crippen LogP contribution >= 0.6 is 0 Å². The van der Waals surface area contributed by atoms with Gasteiger partial charge < -0.3 is 14.6 Å². The Balaban J connectivity index is 1.60. The van der Waals surface area contributed by atoms with Gasteiger partial charge in [-0.1, -0.05) is 0 Å². The number of nitriles is 1. The standard InChI is InChI=1S/C25H27FN4O4/c1-14(31)6-8-28-7-2-3-15-11-29(13-21(15)28)23-18(10-27)22-17(9-20(23)26)24(32)19(25(33)34)12-30(22)16-4-5-16/h9,12,15-16,21H,2-8,11,13H2,1H3,(H,33,34)/t15-,21+/m0/s1. The van der Waals surface area contributed by atoms with Crippen molar-refractivity contribution < 1.29 is 19.1 Å². The third-order valence-electron chi connectivity index (χ3n) is 7.49. The summed E-state index contributed by atoms with van der Waals surface area (Å²) in [6.45, 7) is 4.29. The van der Waals surface area contributed by atoms with E-state index in [1.807, 2.05) is 4.90 Å². The van der Waals surface area contributed by atoms with Crippen molar-refractivity contribution in [2.24, 2.45) is 5.92 Å². The number of carboxylic acids is 1. The second-order valence-electron chi connectivity index (χ2n) is 9.77. The molecular formula is C25H27FN4O4. The Morgan fingerprint density at radius 1 is 1.26 bits per heavy atom. The Kier molecular flexibility index (Phi) is 5.64. The van der Waals surface area contributed by atoms with Crippen LogP contribution in [0.25, 0.3) is 10.9 Å². The van der Waals surface area contributed by atoms with E-state index in [-0.39, 0.29) is 34.5 Å². The smallest absolute Gasteiger partial charge is 0.341 e. The number of anilines is 1. The number of pyridine rings is 1. The minimum atomic E-state index is -1.36. The van der Waals surface area contributed by atoms with E-state index in [1.54, 1.807) is 11.5 Å². The molecule has 1 aromatic carbocycles. The maximum absolute atomic E-state index is 15.6. The van der Waals surface area contributed by atoms with Crippen molar-refractivity contribution in [3.63, 3.8) is 0 Å². The van der Waals surface area contributed by atoms with Crippen LogP contribution in [0.2, 0.25) is 0 Å². The van der Waals surface area contributed by atoms with E-state index >= 15 is 4.39 Å². The number of Topliss-reactive ketones (excluding diaryl/α,β-unsaturated/α-hetero) is 1. The fraction of sp³-hybridized carbons (Fsp3) is 0.520. The Morgan fingerprint density at radius 3 is 2.68 bits per heavy atom. The molecule has 2 saturated heterocycles. The molecule has 1 aromatic heterocycles. The summed E-state index contributed by atoms with van der Waals surface area (Å²) in [4.78, 5) is 40.2. The van der Waals surface area contributed by atoms with Gasteiger partial charge in [0.15, 0.2) is 0 Å². The number of aromatic carboxylic acids is 1. The fourth-order valence-electron chi connectivity index (χ4n) is 5.72. The van der Waals surface area contributed by atoms with Gasteiger partial charge in [-0.15, -0.1) is 0 Å². The maximum atomic E-state index is 15.6. The van der Waals surface area contributed by atoms with E-state index in [0.29, 0.717) is 37.5 Å². The molecule has 3 fully saturated rings. The van der Waals surface area contributed by atoms with Gasteiger partial charge in [0.25, 0.3) is 0 Å². The molecule has 3 heterocycles. The molecular weight excluding hydrogens is 439 g/mol. The predicted molar refractivity (Wildman–Crippen MR) is 124 cm³/mol. The first-order valence-electron chi connectivity index (χ1n) is 11.8. The molecule has 0 unspecified atom stereocenters. The molecule has 34 heavy (non-hydrogen) atoms. The summed E-state index contributed by atoms with van der Waals surface area (Å²) in [5, 5.41) is 19.6. The number of halogens is 1. The highest BCUT2D eigenvalue weighted by Gasteiger charge is 2.41. The number of ketones is 1. The van der Waals surface area contributed by atoms with Gasteiger partial charge in [-0.05, 0) is 51.1 Å². The van der Waals surface area contributed by atoms with Crippen LogP contribution in [0.15, 0.2) is 17.1 Å².